The van der Waals surface area contributed by atoms with Gasteiger partial charge in [0, 0.05) is 18.9 Å². The maximum atomic E-state index is 12.9. The molecule has 2 amide bonds. The van der Waals surface area contributed by atoms with Gasteiger partial charge in [-0.1, -0.05) is 12.1 Å². The highest BCUT2D eigenvalue weighted by atomic mass is 16.5. The van der Waals surface area contributed by atoms with Gasteiger partial charge < -0.3 is 15.0 Å². The molecule has 0 spiro atoms. The highest BCUT2D eigenvalue weighted by molar-refractivity contribution is 6.10. The van der Waals surface area contributed by atoms with Gasteiger partial charge in [-0.05, 0) is 55.0 Å². The van der Waals surface area contributed by atoms with Crippen LogP contribution in [0.15, 0.2) is 60.8 Å². The van der Waals surface area contributed by atoms with Crippen molar-refractivity contribution in [2.45, 2.75) is 6.92 Å². The number of hydrogen-bond acceptors (Lipinski definition) is 4. The van der Waals surface area contributed by atoms with Crippen LogP contribution in [0.4, 0.5) is 11.4 Å². The Balaban J connectivity index is 1.68. The molecule has 0 aliphatic carbocycles. The fraction of sp³-hybridized carbons (Fsp3) is 0.0952. The van der Waals surface area contributed by atoms with Crippen LogP contribution in [-0.4, -0.2) is 23.8 Å². The molecule has 1 aliphatic rings. The molecule has 2 aromatic carbocycles. The van der Waals surface area contributed by atoms with Crippen molar-refractivity contribution in [3.8, 4) is 11.5 Å². The summed E-state index contributed by atoms with van der Waals surface area (Å²) in [6.07, 6.45) is 1.55. The Hall–Kier alpha value is -3.67. The summed E-state index contributed by atoms with van der Waals surface area (Å²) in [6, 6.07) is 15.8. The number of fused-ring (bicyclic) bond motifs is 2. The molecule has 1 aliphatic heterocycles. The molecule has 134 valence electrons. The lowest BCUT2D eigenvalue weighted by Crippen LogP contribution is -2.25. The Morgan fingerprint density at radius 2 is 1.89 bits per heavy atom. The van der Waals surface area contributed by atoms with E-state index in [0.29, 0.717) is 34.1 Å². The van der Waals surface area contributed by atoms with Gasteiger partial charge in [-0.25, -0.2) is 0 Å². The third-order valence-electron chi connectivity index (χ3n) is 4.37. The van der Waals surface area contributed by atoms with E-state index in [1.165, 1.54) is 0 Å². The Morgan fingerprint density at radius 1 is 1.07 bits per heavy atom. The van der Waals surface area contributed by atoms with E-state index in [1.54, 1.807) is 54.5 Å². The Morgan fingerprint density at radius 3 is 2.67 bits per heavy atom. The number of carbonyl (C=O) groups excluding carboxylic acids is 2. The summed E-state index contributed by atoms with van der Waals surface area (Å²) in [5.41, 5.74) is 2.92. The van der Waals surface area contributed by atoms with E-state index in [4.69, 9.17) is 4.74 Å². The van der Waals surface area contributed by atoms with Gasteiger partial charge in [0.15, 0.2) is 5.75 Å². The first-order valence-electron chi connectivity index (χ1n) is 8.46. The molecule has 4 rings (SSSR count). The number of hydrogen-bond donors (Lipinski definition) is 1. The Bertz CT molecular complexity index is 1050. The van der Waals surface area contributed by atoms with E-state index in [1.807, 2.05) is 25.1 Å². The van der Waals surface area contributed by atoms with E-state index >= 15 is 0 Å². The summed E-state index contributed by atoms with van der Waals surface area (Å²) >= 11 is 0. The second-order valence-electron chi connectivity index (χ2n) is 6.32. The first-order valence-corrected chi connectivity index (χ1v) is 8.46. The minimum atomic E-state index is -0.343. The van der Waals surface area contributed by atoms with Gasteiger partial charge in [0.25, 0.3) is 11.8 Å². The third kappa shape index (κ3) is 3.13. The molecule has 0 atom stereocenters. The average Bonchev–Trinajstić information content (AvgIpc) is 2.78. The van der Waals surface area contributed by atoms with Gasteiger partial charge >= 0.3 is 0 Å². The number of aromatic nitrogens is 1. The minimum Gasteiger partial charge on any atom is -0.454 e. The number of carbonyl (C=O) groups is 2. The molecule has 6 heteroatoms. The molecule has 0 saturated heterocycles. The van der Waals surface area contributed by atoms with Crippen molar-refractivity contribution in [3.63, 3.8) is 0 Å². The zero-order chi connectivity index (χ0) is 19.0. The van der Waals surface area contributed by atoms with Crippen LogP contribution in [0.1, 0.15) is 26.4 Å². The molecular weight excluding hydrogens is 342 g/mol. The number of benzene rings is 2. The zero-order valence-electron chi connectivity index (χ0n) is 14.9. The molecule has 0 unspecified atom stereocenters. The molecule has 27 heavy (non-hydrogen) atoms. The summed E-state index contributed by atoms with van der Waals surface area (Å²) in [7, 11) is 1.71. The monoisotopic (exact) mass is 359 g/mol. The fourth-order valence-electron chi connectivity index (χ4n) is 2.94. The van der Waals surface area contributed by atoms with Crippen molar-refractivity contribution in [1.82, 2.24) is 4.98 Å². The second kappa shape index (κ2) is 6.57. The third-order valence-corrected chi connectivity index (χ3v) is 4.37. The number of anilines is 2. The number of amides is 2. The van der Waals surface area contributed by atoms with Crippen molar-refractivity contribution in [3.05, 3.63) is 77.6 Å². The summed E-state index contributed by atoms with van der Waals surface area (Å²) in [6.45, 7) is 1.96. The molecule has 2 heterocycles. The average molecular weight is 359 g/mol. The first kappa shape index (κ1) is 16.8. The minimum absolute atomic E-state index is 0.205. The number of nitrogens with one attached hydrogen (secondary N) is 1. The van der Waals surface area contributed by atoms with Crippen LogP contribution >= 0.6 is 0 Å². The van der Waals surface area contributed by atoms with Crippen molar-refractivity contribution in [2.24, 2.45) is 0 Å². The maximum absolute atomic E-state index is 12.9. The summed E-state index contributed by atoms with van der Waals surface area (Å²) in [4.78, 5) is 30.8. The summed E-state index contributed by atoms with van der Waals surface area (Å²) in [5, 5.41) is 2.77. The van der Waals surface area contributed by atoms with Crippen LogP contribution in [0.25, 0.3) is 0 Å². The quantitative estimate of drug-likeness (QED) is 0.750. The zero-order valence-corrected chi connectivity index (χ0v) is 14.9. The van der Waals surface area contributed by atoms with Crippen molar-refractivity contribution in [2.75, 3.05) is 17.3 Å². The number of ether oxygens (including phenoxy) is 1. The molecule has 0 saturated carbocycles. The van der Waals surface area contributed by atoms with Crippen LogP contribution in [0.3, 0.4) is 0 Å². The molecule has 0 fully saturated rings. The Kier molecular flexibility index (Phi) is 4.08. The van der Waals surface area contributed by atoms with Crippen molar-refractivity contribution in [1.29, 1.82) is 0 Å². The number of rotatable bonds is 2. The van der Waals surface area contributed by atoms with E-state index < -0.39 is 0 Å². The van der Waals surface area contributed by atoms with E-state index in [-0.39, 0.29) is 11.8 Å². The first-order chi connectivity index (χ1) is 13.0. The predicted molar refractivity (Wildman–Crippen MR) is 103 cm³/mol. The normalized spacial score (nSPS) is 12.5. The predicted octanol–water partition coefficient (Wildman–Crippen LogP) is 4.02. The fourth-order valence-corrected chi connectivity index (χ4v) is 2.94. The van der Waals surface area contributed by atoms with Crippen molar-refractivity contribution >= 4 is 23.2 Å². The lowest BCUT2D eigenvalue weighted by Gasteiger charge is -2.16. The van der Waals surface area contributed by atoms with Crippen LogP contribution in [0.5, 0.6) is 11.5 Å². The van der Waals surface area contributed by atoms with Gasteiger partial charge in [-0.2, -0.15) is 0 Å². The smallest absolute Gasteiger partial charge is 0.274 e. The van der Waals surface area contributed by atoms with Gasteiger partial charge in [0.1, 0.15) is 11.4 Å². The summed E-state index contributed by atoms with van der Waals surface area (Å²) < 4.78 is 5.96. The molecular formula is C21H17N3O3. The van der Waals surface area contributed by atoms with Crippen molar-refractivity contribution < 1.29 is 14.3 Å². The molecule has 1 N–H and O–H groups in total. The standard InChI is InChI=1S/C21H17N3O3/c1-13-6-8-19-17(11-13)24(2)21(26)15-12-14(7-9-18(15)27-19)23-20(25)16-5-3-4-10-22-16/h3-12H,1-2H3,(H,23,25). The Labute approximate surface area is 156 Å². The van der Waals surface area contributed by atoms with Crippen LogP contribution in [-0.2, 0) is 0 Å². The van der Waals surface area contributed by atoms with E-state index in [9.17, 15) is 9.59 Å². The highest BCUT2D eigenvalue weighted by Crippen LogP contribution is 2.39. The molecule has 3 aromatic rings. The topological polar surface area (TPSA) is 71.5 Å². The summed E-state index contributed by atoms with van der Waals surface area (Å²) in [5.74, 6) is 0.513. The SMILES string of the molecule is Cc1ccc2c(c1)N(C)C(=O)c1cc(NC(=O)c3ccccn3)ccc1O2. The molecule has 6 nitrogen and oxygen atoms in total. The van der Waals surface area contributed by atoms with Crippen LogP contribution < -0.4 is 15.0 Å². The van der Waals surface area contributed by atoms with E-state index in [0.717, 1.165) is 5.56 Å². The number of pyridine rings is 1. The van der Waals surface area contributed by atoms with Gasteiger partial charge in [0.05, 0.1) is 11.3 Å². The number of aryl methyl sites for hydroxylation is 1. The second-order valence-corrected chi connectivity index (χ2v) is 6.32. The highest BCUT2D eigenvalue weighted by Gasteiger charge is 2.26. The lowest BCUT2D eigenvalue weighted by molar-refractivity contribution is 0.0989. The van der Waals surface area contributed by atoms with E-state index in [2.05, 4.69) is 10.3 Å². The van der Waals surface area contributed by atoms with Crippen LogP contribution in [0, 0.1) is 6.92 Å². The largest absolute Gasteiger partial charge is 0.454 e. The van der Waals surface area contributed by atoms with Crippen LogP contribution in [0.2, 0.25) is 0 Å². The van der Waals surface area contributed by atoms with Gasteiger partial charge in [-0.15, -0.1) is 0 Å². The maximum Gasteiger partial charge on any atom is 0.274 e. The molecule has 1 aromatic heterocycles. The molecule has 0 bridgehead atoms. The lowest BCUT2D eigenvalue weighted by atomic mass is 10.1. The van der Waals surface area contributed by atoms with Gasteiger partial charge in [-0.3, -0.25) is 14.6 Å². The molecule has 0 radical (unpaired) electrons. The van der Waals surface area contributed by atoms with Gasteiger partial charge in [0.2, 0.25) is 0 Å². The number of nitrogens with zero attached hydrogens (tertiary/aromatic N) is 2.